The molecule has 4 heteroatoms. The van der Waals surface area contributed by atoms with E-state index in [1.165, 1.54) is 37.0 Å². The number of hydrogen-bond acceptors (Lipinski definition) is 2. The summed E-state index contributed by atoms with van der Waals surface area (Å²) < 4.78 is 0. The zero-order valence-corrected chi connectivity index (χ0v) is 13.0. The van der Waals surface area contributed by atoms with Gasteiger partial charge in [0.15, 0.2) is 0 Å². The summed E-state index contributed by atoms with van der Waals surface area (Å²) in [6.45, 7) is 0. The van der Waals surface area contributed by atoms with Gasteiger partial charge in [0.05, 0.1) is 0 Å². The number of nitrogens with one attached hydrogen (secondary N) is 2. The van der Waals surface area contributed by atoms with E-state index in [1.54, 1.807) is 11.3 Å². The van der Waals surface area contributed by atoms with Crippen LogP contribution in [0, 0.1) is 0 Å². The molecule has 1 fully saturated rings. The van der Waals surface area contributed by atoms with Crippen molar-refractivity contribution < 1.29 is 4.79 Å². The summed E-state index contributed by atoms with van der Waals surface area (Å²) in [5.74, 6) is 0.0309. The highest BCUT2D eigenvalue weighted by atomic mass is 32.1. The van der Waals surface area contributed by atoms with Crippen molar-refractivity contribution in [2.24, 2.45) is 0 Å². The quantitative estimate of drug-likeness (QED) is 0.856. The van der Waals surface area contributed by atoms with E-state index < -0.39 is 0 Å². The Kier molecular flexibility index (Phi) is 4.76. The first-order chi connectivity index (χ1) is 10.3. The molecule has 0 bridgehead atoms. The highest BCUT2D eigenvalue weighted by Crippen LogP contribution is 2.25. The van der Waals surface area contributed by atoms with E-state index in [-0.39, 0.29) is 5.91 Å². The highest BCUT2D eigenvalue weighted by molar-refractivity contribution is 7.13. The van der Waals surface area contributed by atoms with E-state index in [2.05, 4.69) is 21.7 Å². The van der Waals surface area contributed by atoms with Gasteiger partial charge in [-0.3, -0.25) is 4.79 Å². The summed E-state index contributed by atoms with van der Waals surface area (Å²) in [4.78, 5) is 16.7. The van der Waals surface area contributed by atoms with Crippen LogP contribution in [0.5, 0.6) is 0 Å². The van der Waals surface area contributed by atoms with Gasteiger partial charge < -0.3 is 10.3 Å². The number of aromatic amines is 1. The van der Waals surface area contributed by atoms with Crippen molar-refractivity contribution in [2.75, 3.05) is 0 Å². The Hall–Kier alpha value is -1.55. The molecule has 2 heterocycles. The summed E-state index contributed by atoms with van der Waals surface area (Å²) in [6.07, 6.45) is 10.6. The summed E-state index contributed by atoms with van der Waals surface area (Å²) >= 11 is 1.69. The number of amides is 1. The molecule has 2 N–H and O–H groups in total. The van der Waals surface area contributed by atoms with Crippen molar-refractivity contribution in [3.8, 4) is 10.4 Å². The van der Waals surface area contributed by atoms with E-state index in [0.717, 1.165) is 18.4 Å². The van der Waals surface area contributed by atoms with Crippen LogP contribution >= 0.6 is 11.3 Å². The fraction of sp³-hybridized carbons (Fsp3) is 0.471. The maximum atomic E-state index is 12.4. The molecule has 0 saturated heterocycles. The molecule has 0 atom stereocenters. The molecule has 2 aromatic rings. The maximum Gasteiger partial charge on any atom is 0.267 e. The van der Waals surface area contributed by atoms with Crippen molar-refractivity contribution in [3.63, 3.8) is 0 Å². The maximum absolute atomic E-state index is 12.4. The number of H-pyrrole nitrogens is 1. The lowest BCUT2D eigenvalue weighted by Crippen LogP contribution is -2.35. The van der Waals surface area contributed by atoms with Gasteiger partial charge in [0.2, 0.25) is 0 Å². The Morgan fingerprint density at radius 1 is 1.19 bits per heavy atom. The van der Waals surface area contributed by atoms with Crippen LogP contribution in [0.1, 0.15) is 55.4 Å². The minimum Gasteiger partial charge on any atom is -0.357 e. The van der Waals surface area contributed by atoms with E-state index in [1.807, 2.05) is 18.3 Å². The number of rotatable bonds is 3. The molecule has 112 valence electrons. The predicted octanol–water partition coefficient (Wildman–Crippen LogP) is 4.59. The topological polar surface area (TPSA) is 44.9 Å². The van der Waals surface area contributed by atoms with E-state index >= 15 is 0 Å². The predicted molar refractivity (Wildman–Crippen MR) is 87.7 cm³/mol. The normalized spacial score (nSPS) is 17.1. The van der Waals surface area contributed by atoms with Crippen LogP contribution in [0.15, 0.2) is 29.8 Å². The van der Waals surface area contributed by atoms with Crippen molar-refractivity contribution in [2.45, 2.75) is 51.0 Å². The first-order valence-electron chi connectivity index (χ1n) is 7.86. The smallest absolute Gasteiger partial charge is 0.267 e. The summed E-state index contributed by atoms with van der Waals surface area (Å²) in [6, 6.07) is 6.39. The molecular weight excluding hydrogens is 280 g/mol. The molecular formula is C17H22N2OS. The molecule has 21 heavy (non-hydrogen) atoms. The summed E-state index contributed by atoms with van der Waals surface area (Å²) in [5.41, 5.74) is 1.76. The van der Waals surface area contributed by atoms with Crippen molar-refractivity contribution >= 4 is 17.2 Å². The fourth-order valence-corrected chi connectivity index (χ4v) is 3.69. The second-order valence-electron chi connectivity index (χ2n) is 5.79. The average molecular weight is 302 g/mol. The monoisotopic (exact) mass is 302 g/mol. The molecule has 3 rings (SSSR count). The minimum absolute atomic E-state index is 0.0309. The average Bonchev–Trinajstić information content (AvgIpc) is 3.10. The number of carbonyl (C=O) groups excluding carboxylic acids is 1. The van der Waals surface area contributed by atoms with Gasteiger partial charge in [0.1, 0.15) is 5.69 Å². The lowest BCUT2D eigenvalue weighted by atomic mass is 9.96. The van der Waals surface area contributed by atoms with Crippen molar-refractivity contribution in [1.82, 2.24) is 10.3 Å². The Labute approximate surface area is 129 Å². The van der Waals surface area contributed by atoms with Crippen LogP contribution in [0.4, 0.5) is 0 Å². The van der Waals surface area contributed by atoms with Crippen LogP contribution < -0.4 is 5.32 Å². The van der Waals surface area contributed by atoms with Gasteiger partial charge in [0, 0.05) is 22.7 Å². The minimum atomic E-state index is 0.0309. The van der Waals surface area contributed by atoms with Gasteiger partial charge in [-0.2, -0.15) is 0 Å². The molecule has 3 nitrogen and oxygen atoms in total. The molecule has 0 aromatic carbocycles. The first kappa shape index (κ1) is 14.4. The number of hydrogen-bond donors (Lipinski definition) is 2. The van der Waals surface area contributed by atoms with Gasteiger partial charge in [-0.1, -0.05) is 38.2 Å². The second-order valence-corrected chi connectivity index (χ2v) is 6.74. The van der Waals surface area contributed by atoms with E-state index in [4.69, 9.17) is 0 Å². The SMILES string of the molecule is O=C(NC1CCCCCCC1)c1cc(-c2cccs2)c[nH]1. The lowest BCUT2D eigenvalue weighted by Gasteiger charge is -2.20. The first-order valence-corrected chi connectivity index (χ1v) is 8.74. The molecule has 1 saturated carbocycles. The van der Waals surface area contributed by atoms with Crippen molar-refractivity contribution in [3.05, 3.63) is 35.5 Å². The molecule has 1 aliphatic carbocycles. The zero-order valence-electron chi connectivity index (χ0n) is 12.2. The van der Waals surface area contributed by atoms with Crippen LogP contribution in [0.2, 0.25) is 0 Å². The Morgan fingerprint density at radius 2 is 1.95 bits per heavy atom. The number of thiophene rings is 1. The second kappa shape index (κ2) is 6.94. The van der Waals surface area contributed by atoms with Gasteiger partial charge in [-0.25, -0.2) is 0 Å². The lowest BCUT2D eigenvalue weighted by molar-refractivity contribution is 0.0926. The van der Waals surface area contributed by atoms with Crippen LogP contribution in [-0.2, 0) is 0 Å². The van der Waals surface area contributed by atoms with E-state index in [9.17, 15) is 4.79 Å². The van der Waals surface area contributed by atoms with Crippen LogP contribution in [-0.4, -0.2) is 16.9 Å². The molecule has 0 unspecified atom stereocenters. The largest absolute Gasteiger partial charge is 0.357 e. The zero-order chi connectivity index (χ0) is 14.5. The molecule has 0 spiro atoms. The van der Waals surface area contributed by atoms with E-state index in [0.29, 0.717) is 11.7 Å². The Balaban J connectivity index is 1.62. The third kappa shape index (κ3) is 3.76. The molecule has 0 radical (unpaired) electrons. The van der Waals surface area contributed by atoms with Crippen LogP contribution in [0.3, 0.4) is 0 Å². The Morgan fingerprint density at radius 3 is 2.67 bits per heavy atom. The molecule has 2 aromatic heterocycles. The fourth-order valence-electron chi connectivity index (χ4n) is 2.97. The van der Waals surface area contributed by atoms with Crippen molar-refractivity contribution in [1.29, 1.82) is 0 Å². The summed E-state index contributed by atoms with van der Waals surface area (Å²) in [7, 11) is 0. The number of aromatic nitrogens is 1. The highest BCUT2D eigenvalue weighted by Gasteiger charge is 2.16. The third-order valence-corrected chi connectivity index (χ3v) is 5.09. The van der Waals surface area contributed by atoms with Crippen LogP contribution in [0.25, 0.3) is 10.4 Å². The standard InChI is InChI=1S/C17H22N2OS/c20-17(19-14-7-4-2-1-3-5-8-14)15-11-13(12-18-15)16-9-6-10-21-16/h6,9-12,14,18H,1-5,7-8H2,(H,19,20). The van der Waals surface area contributed by atoms with Gasteiger partial charge in [-0.15, -0.1) is 11.3 Å². The van der Waals surface area contributed by atoms with Gasteiger partial charge in [-0.05, 0) is 30.4 Å². The summed E-state index contributed by atoms with van der Waals surface area (Å²) in [5, 5.41) is 5.25. The third-order valence-electron chi connectivity index (χ3n) is 4.17. The molecule has 1 amide bonds. The van der Waals surface area contributed by atoms with Gasteiger partial charge >= 0.3 is 0 Å². The number of carbonyl (C=O) groups is 1. The molecule has 0 aliphatic heterocycles. The Bertz CT molecular complexity index is 565. The van der Waals surface area contributed by atoms with Gasteiger partial charge in [0.25, 0.3) is 5.91 Å². The molecule has 1 aliphatic rings.